The minimum atomic E-state index is 0.401. The Morgan fingerprint density at radius 2 is 2.13 bits per heavy atom. The number of hydrogen-bond acceptors (Lipinski definition) is 2. The molecule has 0 aromatic carbocycles. The van der Waals surface area contributed by atoms with E-state index in [1.165, 1.54) is 12.8 Å². The van der Waals surface area contributed by atoms with Crippen molar-refractivity contribution in [3.05, 3.63) is 0 Å². The van der Waals surface area contributed by atoms with Gasteiger partial charge in [0.15, 0.2) is 0 Å². The van der Waals surface area contributed by atoms with Gasteiger partial charge in [-0.2, -0.15) is 0 Å². The van der Waals surface area contributed by atoms with Gasteiger partial charge in [-0.3, -0.25) is 0 Å². The molecule has 1 aliphatic rings. The van der Waals surface area contributed by atoms with Crippen LogP contribution in [0.4, 0.5) is 0 Å². The van der Waals surface area contributed by atoms with Crippen LogP contribution in [0.2, 0.25) is 0 Å². The summed E-state index contributed by atoms with van der Waals surface area (Å²) < 4.78 is 5.76. The Labute approximate surface area is 98.7 Å². The highest BCUT2D eigenvalue weighted by Gasteiger charge is 2.22. The maximum Gasteiger partial charge on any atom is 0.0704 e. The molecule has 0 spiro atoms. The molecule has 1 N–H and O–H groups in total. The average molecular weight is 234 g/mol. The molecule has 1 aliphatic heterocycles. The SMILES string of the molecule is CC(C)CC(CCl)NCC1CCC(C)O1. The van der Waals surface area contributed by atoms with E-state index in [9.17, 15) is 0 Å². The topological polar surface area (TPSA) is 21.3 Å². The summed E-state index contributed by atoms with van der Waals surface area (Å²) in [6.45, 7) is 7.56. The highest BCUT2D eigenvalue weighted by Crippen LogP contribution is 2.18. The van der Waals surface area contributed by atoms with E-state index in [0.717, 1.165) is 13.0 Å². The Balaban J connectivity index is 2.16. The first-order valence-electron chi connectivity index (χ1n) is 6.06. The van der Waals surface area contributed by atoms with E-state index in [-0.39, 0.29) is 0 Å². The third-order valence-corrected chi connectivity index (χ3v) is 3.27. The van der Waals surface area contributed by atoms with Crippen LogP contribution in [0.25, 0.3) is 0 Å². The number of nitrogens with one attached hydrogen (secondary N) is 1. The van der Waals surface area contributed by atoms with Gasteiger partial charge in [-0.05, 0) is 32.1 Å². The Morgan fingerprint density at radius 3 is 2.60 bits per heavy atom. The monoisotopic (exact) mass is 233 g/mol. The summed E-state index contributed by atoms with van der Waals surface area (Å²) in [4.78, 5) is 0. The Morgan fingerprint density at radius 1 is 1.40 bits per heavy atom. The van der Waals surface area contributed by atoms with Crippen molar-refractivity contribution in [2.75, 3.05) is 12.4 Å². The van der Waals surface area contributed by atoms with Gasteiger partial charge in [0.05, 0.1) is 12.2 Å². The standard InChI is InChI=1S/C12H24ClNO/c1-9(2)6-11(7-13)14-8-12-5-4-10(3)15-12/h9-12,14H,4-8H2,1-3H3. The van der Waals surface area contributed by atoms with Crippen molar-refractivity contribution in [3.8, 4) is 0 Å². The van der Waals surface area contributed by atoms with Gasteiger partial charge in [0.1, 0.15) is 0 Å². The van der Waals surface area contributed by atoms with Crippen molar-refractivity contribution in [1.82, 2.24) is 5.32 Å². The van der Waals surface area contributed by atoms with Crippen molar-refractivity contribution in [1.29, 1.82) is 0 Å². The smallest absolute Gasteiger partial charge is 0.0704 e. The number of halogens is 1. The third kappa shape index (κ3) is 5.19. The van der Waals surface area contributed by atoms with E-state index in [1.54, 1.807) is 0 Å². The predicted octanol–water partition coefficient (Wildman–Crippen LogP) is 2.80. The first-order valence-corrected chi connectivity index (χ1v) is 6.60. The van der Waals surface area contributed by atoms with Gasteiger partial charge < -0.3 is 10.1 Å². The fraction of sp³-hybridized carbons (Fsp3) is 1.00. The predicted molar refractivity (Wildman–Crippen MR) is 65.5 cm³/mol. The lowest BCUT2D eigenvalue weighted by molar-refractivity contribution is 0.0543. The first kappa shape index (κ1) is 13.3. The summed E-state index contributed by atoms with van der Waals surface area (Å²) in [6.07, 6.45) is 4.37. The number of rotatable bonds is 6. The molecular weight excluding hydrogens is 210 g/mol. The van der Waals surface area contributed by atoms with Gasteiger partial charge >= 0.3 is 0 Å². The molecule has 0 aliphatic carbocycles. The van der Waals surface area contributed by atoms with Crippen LogP contribution < -0.4 is 5.32 Å². The molecule has 3 heteroatoms. The number of ether oxygens (including phenoxy) is 1. The van der Waals surface area contributed by atoms with Crippen LogP contribution in [0.5, 0.6) is 0 Å². The van der Waals surface area contributed by atoms with Crippen LogP contribution in [0.3, 0.4) is 0 Å². The lowest BCUT2D eigenvalue weighted by Gasteiger charge is -2.20. The molecule has 0 radical (unpaired) electrons. The Bertz CT molecular complexity index is 175. The summed E-state index contributed by atoms with van der Waals surface area (Å²) in [5.41, 5.74) is 0. The molecule has 1 fully saturated rings. The average Bonchev–Trinajstić information content (AvgIpc) is 2.58. The molecule has 0 aromatic heterocycles. The Hall–Kier alpha value is 0.210. The molecule has 2 nitrogen and oxygen atoms in total. The van der Waals surface area contributed by atoms with Crippen LogP contribution in [0.1, 0.15) is 40.0 Å². The van der Waals surface area contributed by atoms with Crippen molar-refractivity contribution in [3.63, 3.8) is 0 Å². The van der Waals surface area contributed by atoms with Crippen LogP contribution in [-0.4, -0.2) is 30.7 Å². The number of hydrogen-bond donors (Lipinski definition) is 1. The second kappa shape index (κ2) is 6.72. The van der Waals surface area contributed by atoms with E-state index >= 15 is 0 Å². The van der Waals surface area contributed by atoms with E-state index < -0.39 is 0 Å². The van der Waals surface area contributed by atoms with Crippen molar-refractivity contribution in [2.45, 2.75) is 58.3 Å². The molecule has 1 saturated heterocycles. The van der Waals surface area contributed by atoms with E-state index in [4.69, 9.17) is 16.3 Å². The zero-order chi connectivity index (χ0) is 11.3. The molecule has 1 rings (SSSR count). The highest BCUT2D eigenvalue weighted by molar-refractivity contribution is 6.18. The maximum atomic E-state index is 5.92. The molecule has 1 heterocycles. The molecule has 15 heavy (non-hydrogen) atoms. The van der Waals surface area contributed by atoms with Crippen LogP contribution in [-0.2, 0) is 4.74 Å². The van der Waals surface area contributed by atoms with Crippen molar-refractivity contribution >= 4 is 11.6 Å². The molecule has 0 bridgehead atoms. The summed E-state index contributed by atoms with van der Waals surface area (Å²) >= 11 is 5.92. The van der Waals surface area contributed by atoms with Gasteiger partial charge in [-0.1, -0.05) is 13.8 Å². The Kier molecular flexibility index (Phi) is 5.95. The number of alkyl halides is 1. The zero-order valence-electron chi connectivity index (χ0n) is 10.1. The molecular formula is C12H24ClNO. The van der Waals surface area contributed by atoms with Gasteiger partial charge in [-0.15, -0.1) is 11.6 Å². The summed E-state index contributed by atoms with van der Waals surface area (Å²) in [7, 11) is 0. The molecule has 90 valence electrons. The second-order valence-corrected chi connectivity index (χ2v) is 5.34. The lowest BCUT2D eigenvalue weighted by Crippen LogP contribution is -2.37. The minimum absolute atomic E-state index is 0.401. The fourth-order valence-electron chi connectivity index (χ4n) is 2.10. The van der Waals surface area contributed by atoms with E-state index in [1.807, 2.05) is 0 Å². The third-order valence-electron chi connectivity index (χ3n) is 2.90. The molecule has 3 unspecified atom stereocenters. The van der Waals surface area contributed by atoms with E-state index in [2.05, 4.69) is 26.1 Å². The first-order chi connectivity index (χ1) is 7.11. The van der Waals surface area contributed by atoms with Crippen molar-refractivity contribution in [2.24, 2.45) is 5.92 Å². The molecule has 0 saturated carbocycles. The summed E-state index contributed by atoms with van der Waals surface area (Å²) in [5.74, 6) is 1.39. The molecule has 3 atom stereocenters. The summed E-state index contributed by atoms with van der Waals surface area (Å²) in [6, 6.07) is 0.436. The zero-order valence-corrected chi connectivity index (χ0v) is 10.9. The van der Waals surface area contributed by atoms with Gasteiger partial charge in [-0.25, -0.2) is 0 Å². The van der Waals surface area contributed by atoms with E-state index in [0.29, 0.717) is 30.0 Å². The van der Waals surface area contributed by atoms with Gasteiger partial charge in [0.2, 0.25) is 0 Å². The maximum absolute atomic E-state index is 5.92. The minimum Gasteiger partial charge on any atom is -0.374 e. The molecule has 0 amide bonds. The second-order valence-electron chi connectivity index (χ2n) is 5.04. The lowest BCUT2D eigenvalue weighted by atomic mass is 10.0. The summed E-state index contributed by atoms with van der Waals surface area (Å²) in [5, 5.41) is 3.51. The van der Waals surface area contributed by atoms with Gasteiger partial charge in [0, 0.05) is 18.5 Å². The fourth-order valence-corrected chi connectivity index (χ4v) is 2.34. The normalized spacial score (nSPS) is 28.6. The highest BCUT2D eigenvalue weighted by atomic mass is 35.5. The van der Waals surface area contributed by atoms with Gasteiger partial charge in [0.25, 0.3) is 0 Å². The van der Waals surface area contributed by atoms with Crippen LogP contribution in [0.15, 0.2) is 0 Å². The molecule has 0 aromatic rings. The van der Waals surface area contributed by atoms with Crippen LogP contribution in [0, 0.1) is 5.92 Å². The van der Waals surface area contributed by atoms with Crippen LogP contribution >= 0.6 is 11.6 Å². The van der Waals surface area contributed by atoms with Crippen molar-refractivity contribution < 1.29 is 4.74 Å². The quantitative estimate of drug-likeness (QED) is 0.713. The largest absolute Gasteiger partial charge is 0.374 e.